The molecule has 0 radical (unpaired) electrons. The topological polar surface area (TPSA) is 110 Å². The second-order valence-corrected chi connectivity index (χ2v) is 7.02. The highest BCUT2D eigenvalue weighted by Gasteiger charge is 2.46. The molecule has 0 aromatic heterocycles. The van der Waals surface area contributed by atoms with Crippen molar-refractivity contribution in [3.63, 3.8) is 0 Å². The van der Waals surface area contributed by atoms with Gasteiger partial charge in [-0.3, -0.25) is 18.9 Å². The Morgan fingerprint density at radius 2 is 1.64 bits per heavy atom. The summed E-state index contributed by atoms with van der Waals surface area (Å²) in [4.78, 5) is 36.3. The van der Waals surface area contributed by atoms with Gasteiger partial charge in [-0.15, -0.1) is 9.35 Å². The Labute approximate surface area is 162 Å². The molecule has 28 heavy (non-hydrogen) atoms. The van der Waals surface area contributed by atoms with E-state index in [0.717, 1.165) is 22.3 Å². The van der Waals surface area contributed by atoms with Gasteiger partial charge in [-0.1, -0.05) is 48.5 Å². The van der Waals surface area contributed by atoms with Crippen molar-refractivity contribution in [2.24, 2.45) is 5.92 Å². The summed E-state index contributed by atoms with van der Waals surface area (Å²) < 4.78 is 29.0. The van der Waals surface area contributed by atoms with Gasteiger partial charge in [0.15, 0.2) is 0 Å². The van der Waals surface area contributed by atoms with Crippen LogP contribution in [0, 0.1) is 5.92 Å². The van der Waals surface area contributed by atoms with Crippen LogP contribution >= 0.6 is 0 Å². The molecule has 1 aliphatic carbocycles. The first-order valence-corrected chi connectivity index (χ1v) is 9.51. The van der Waals surface area contributed by atoms with Crippen LogP contribution in [0.15, 0.2) is 48.5 Å². The minimum atomic E-state index is -2.85. The number of ether oxygens (including phenoxy) is 1. The summed E-state index contributed by atoms with van der Waals surface area (Å²) in [5.74, 6) is -4.31. The summed E-state index contributed by atoms with van der Waals surface area (Å²) >= 11 is -2.85. The van der Waals surface area contributed by atoms with E-state index in [2.05, 4.69) is 4.28 Å². The fourth-order valence-corrected chi connectivity index (χ4v) is 3.93. The highest BCUT2D eigenvalue weighted by molar-refractivity contribution is 7.74. The molecule has 9 heteroatoms. The number of rotatable bonds is 5. The van der Waals surface area contributed by atoms with Gasteiger partial charge in [-0.2, -0.15) is 4.21 Å². The van der Waals surface area contributed by atoms with Gasteiger partial charge in [0.05, 0.1) is 6.42 Å². The summed E-state index contributed by atoms with van der Waals surface area (Å²) in [6.07, 6.45) is -0.466. The normalized spacial score (nSPS) is 19.5. The van der Waals surface area contributed by atoms with Gasteiger partial charge in [0.25, 0.3) is 11.8 Å². The van der Waals surface area contributed by atoms with Crippen LogP contribution in [0.1, 0.15) is 23.5 Å². The van der Waals surface area contributed by atoms with Crippen LogP contribution in [0.3, 0.4) is 0 Å². The zero-order valence-electron chi connectivity index (χ0n) is 14.4. The van der Waals surface area contributed by atoms with Crippen molar-refractivity contribution in [2.45, 2.75) is 12.3 Å². The molecule has 2 aliphatic rings. The predicted octanol–water partition coefficient (Wildman–Crippen LogP) is 1.79. The maximum absolute atomic E-state index is 12.4. The molecule has 2 atom stereocenters. The third kappa shape index (κ3) is 3.13. The molecule has 1 heterocycles. The van der Waals surface area contributed by atoms with Gasteiger partial charge in [-0.05, 0) is 22.3 Å². The minimum absolute atomic E-state index is 0.0115. The Hall–Kier alpha value is -2.88. The van der Waals surface area contributed by atoms with Crippen LogP contribution in [0.4, 0.5) is 0 Å². The molecule has 8 nitrogen and oxygen atoms in total. The zero-order valence-corrected chi connectivity index (χ0v) is 15.3. The largest absolute Gasteiger partial charge is 0.464 e. The molecule has 4 rings (SSSR count). The lowest BCUT2D eigenvalue weighted by atomic mass is 9.98. The zero-order chi connectivity index (χ0) is 19.8. The van der Waals surface area contributed by atoms with Crippen LogP contribution in [0.5, 0.6) is 0 Å². The second-order valence-electron chi connectivity index (χ2n) is 6.43. The standard InChI is InChI=1S/C19H15NO7S/c21-17-9-15(18(22)20(17)27-28(24)25)19(23)26-10-16-13-7-3-1-5-11(13)12-6-2-4-8-14(12)16/h1-8,15-16H,9-10H2,(H,24,25). The van der Waals surface area contributed by atoms with E-state index in [-0.39, 0.29) is 17.6 Å². The molecular weight excluding hydrogens is 386 g/mol. The first kappa shape index (κ1) is 18.5. The van der Waals surface area contributed by atoms with Crippen molar-refractivity contribution in [1.82, 2.24) is 5.06 Å². The van der Waals surface area contributed by atoms with Crippen LogP contribution in [-0.2, 0) is 34.8 Å². The molecule has 1 fully saturated rings. The highest BCUT2D eigenvalue weighted by Crippen LogP contribution is 2.44. The molecule has 2 aromatic rings. The van der Waals surface area contributed by atoms with Crippen molar-refractivity contribution < 1.29 is 32.2 Å². The minimum Gasteiger partial charge on any atom is -0.464 e. The number of fused-ring (bicyclic) bond motifs is 3. The lowest BCUT2D eigenvalue weighted by Crippen LogP contribution is -2.34. The van der Waals surface area contributed by atoms with Crippen LogP contribution in [-0.4, -0.2) is 38.2 Å². The highest BCUT2D eigenvalue weighted by atomic mass is 32.2. The predicted molar refractivity (Wildman–Crippen MR) is 96.5 cm³/mol. The quantitative estimate of drug-likeness (QED) is 0.352. The van der Waals surface area contributed by atoms with Crippen molar-refractivity contribution in [3.8, 4) is 11.1 Å². The SMILES string of the molecule is O=C(OCC1c2ccccc2-c2ccccc21)C1CC(=O)N(OS(=O)O)C1=O. The molecule has 0 bridgehead atoms. The fraction of sp³-hybridized carbons (Fsp3) is 0.211. The van der Waals surface area contributed by atoms with Gasteiger partial charge >= 0.3 is 17.3 Å². The van der Waals surface area contributed by atoms with E-state index in [1.165, 1.54) is 0 Å². The number of carbonyl (C=O) groups is 3. The molecular formula is C19H15NO7S. The summed E-state index contributed by atoms with van der Waals surface area (Å²) in [7, 11) is 0. The number of esters is 1. The lowest BCUT2D eigenvalue weighted by molar-refractivity contribution is -0.167. The maximum Gasteiger partial charge on any atom is 0.325 e. The number of hydrogen-bond acceptors (Lipinski definition) is 6. The van der Waals surface area contributed by atoms with E-state index < -0.39 is 41.5 Å². The molecule has 1 N–H and O–H groups in total. The van der Waals surface area contributed by atoms with Crippen molar-refractivity contribution in [2.75, 3.05) is 6.61 Å². The third-order valence-corrected chi connectivity index (χ3v) is 5.16. The number of nitrogens with zero attached hydrogens (tertiary/aromatic N) is 1. The number of hydrogen-bond donors (Lipinski definition) is 1. The first-order chi connectivity index (χ1) is 13.5. The monoisotopic (exact) mass is 401 g/mol. The summed E-state index contributed by atoms with van der Waals surface area (Å²) in [5, 5.41) is 0.141. The maximum atomic E-state index is 12.4. The van der Waals surface area contributed by atoms with Crippen LogP contribution < -0.4 is 0 Å². The van der Waals surface area contributed by atoms with E-state index in [1.807, 2.05) is 48.5 Å². The third-order valence-electron chi connectivity index (χ3n) is 4.88. The van der Waals surface area contributed by atoms with Crippen molar-refractivity contribution in [1.29, 1.82) is 0 Å². The number of benzene rings is 2. The van der Waals surface area contributed by atoms with Crippen LogP contribution in [0.25, 0.3) is 11.1 Å². The summed E-state index contributed by atoms with van der Waals surface area (Å²) in [6.45, 7) is 0.0115. The molecule has 1 saturated heterocycles. The molecule has 1 aliphatic heterocycles. The molecule has 2 aromatic carbocycles. The van der Waals surface area contributed by atoms with E-state index in [4.69, 9.17) is 9.29 Å². The Kier molecular flexibility index (Phi) is 4.80. The van der Waals surface area contributed by atoms with Gasteiger partial charge in [0.1, 0.15) is 12.5 Å². The molecule has 0 spiro atoms. The van der Waals surface area contributed by atoms with E-state index in [1.54, 1.807) is 0 Å². The Balaban J connectivity index is 1.49. The fourth-order valence-electron chi connectivity index (χ4n) is 3.64. The van der Waals surface area contributed by atoms with Crippen molar-refractivity contribution >= 4 is 29.1 Å². The van der Waals surface area contributed by atoms with Crippen LogP contribution in [0.2, 0.25) is 0 Å². The van der Waals surface area contributed by atoms with Crippen molar-refractivity contribution in [3.05, 3.63) is 59.7 Å². The average Bonchev–Trinajstić information content (AvgIpc) is 3.15. The van der Waals surface area contributed by atoms with Gasteiger partial charge in [0.2, 0.25) is 0 Å². The molecule has 2 amide bonds. The molecule has 0 saturated carbocycles. The molecule has 144 valence electrons. The smallest absolute Gasteiger partial charge is 0.325 e. The number of imide groups is 1. The number of hydroxylamine groups is 2. The molecule has 2 unspecified atom stereocenters. The van der Waals surface area contributed by atoms with Gasteiger partial charge in [-0.25, -0.2) is 0 Å². The Morgan fingerprint density at radius 3 is 2.21 bits per heavy atom. The average molecular weight is 401 g/mol. The lowest BCUT2D eigenvalue weighted by Gasteiger charge is -2.15. The number of amides is 2. The van der Waals surface area contributed by atoms with E-state index in [9.17, 15) is 18.6 Å². The Morgan fingerprint density at radius 1 is 1.07 bits per heavy atom. The van der Waals surface area contributed by atoms with Gasteiger partial charge in [0, 0.05) is 5.92 Å². The van der Waals surface area contributed by atoms with E-state index >= 15 is 0 Å². The van der Waals surface area contributed by atoms with Gasteiger partial charge < -0.3 is 4.74 Å². The second kappa shape index (κ2) is 7.27. The summed E-state index contributed by atoms with van der Waals surface area (Å²) in [6, 6.07) is 15.6. The number of carbonyl (C=O) groups excluding carboxylic acids is 3. The first-order valence-electron chi connectivity index (χ1n) is 8.48. The Bertz CT molecular complexity index is 960. The van der Waals surface area contributed by atoms with E-state index in [0.29, 0.717) is 0 Å². The summed E-state index contributed by atoms with van der Waals surface area (Å²) in [5.41, 5.74) is 4.17.